The summed E-state index contributed by atoms with van der Waals surface area (Å²) in [6.45, 7) is 3.79. The number of carbonyl (C=O) groups excluding carboxylic acids is 1. The van der Waals surface area contributed by atoms with Gasteiger partial charge in [-0.25, -0.2) is 14.8 Å². The molecule has 1 aromatic heterocycles. The van der Waals surface area contributed by atoms with Crippen molar-refractivity contribution in [2.75, 3.05) is 11.9 Å². The average Bonchev–Trinajstić information content (AvgIpc) is 3.19. The van der Waals surface area contributed by atoms with Crippen molar-refractivity contribution in [1.82, 2.24) is 15.3 Å². The molecule has 3 N–H and O–H groups in total. The predicted octanol–water partition coefficient (Wildman–Crippen LogP) is 0.989. The summed E-state index contributed by atoms with van der Waals surface area (Å²) in [7, 11) is 0. The van der Waals surface area contributed by atoms with Gasteiger partial charge in [0.1, 0.15) is 5.82 Å². The fourth-order valence-corrected chi connectivity index (χ4v) is 1.65. The fourth-order valence-electron chi connectivity index (χ4n) is 1.65. The number of amides is 1. The zero-order chi connectivity index (χ0) is 14.7. The van der Waals surface area contributed by atoms with Crippen LogP contribution in [0.4, 0.5) is 5.69 Å². The predicted molar refractivity (Wildman–Crippen MR) is 72.7 cm³/mol. The molecule has 0 aromatic carbocycles. The second kappa shape index (κ2) is 5.85. The molecule has 0 radical (unpaired) electrons. The molecule has 0 atom stereocenters. The third-order valence-electron chi connectivity index (χ3n) is 2.91. The van der Waals surface area contributed by atoms with Gasteiger partial charge in [0.05, 0.1) is 18.4 Å². The van der Waals surface area contributed by atoms with Crippen LogP contribution in [0.15, 0.2) is 6.20 Å². The summed E-state index contributed by atoms with van der Waals surface area (Å²) in [6, 6.07) is 0.280. The highest BCUT2D eigenvalue weighted by Gasteiger charge is 2.23. The van der Waals surface area contributed by atoms with Crippen molar-refractivity contribution < 1.29 is 14.7 Å². The van der Waals surface area contributed by atoms with Crippen LogP contribution in [-0.2, 0) is 4.79 Å². The number of carbonyl (C=O) groups is 2. The molecule has 20 heavy (non-hydrogen) atoms. The van der Waals surface area contributed by atoms with Crippen molar-refractivity contribution in [2.24, 2.45) is 0 Å². The van der Waals surface area contributed by atoms with E-state index in [1.807, 2.05) is 13.8 Å². The smallest absolute Gasteiger partial charge is 0.356 e. The van der Waals surface area contributed by atoms with Crippen molar-refractivity contribution in [3.05, 3.63) is 17.7 Å². The van der Waals surface area contributed by atoms with Crippen LogP contribution in [0, 0.1) is 0 Å². The zero-order valence-electron chi connectivity index (χ0n) is 11.5. The first-order chi connectivity index (χ1) is 9.47. The van der Waals surface area contributed by atoms with Crippen molar-refractivity contribution in [1.29, 1.82) is 0 Å². The van der Waals surface area contributed by atoms with Gasteiger partial charge in [-0.15, -0.1) is 0 Å². The first-order valence-corrected chi connectivity index (χ1v) is 6.61. The fraction of sp³-hybridized carbons (Fsp3) is 0.538. The van der Waals surface area contributed by atoms with Crippen LogP contribution in [0.2, 0.25) is 0 Å². The highest BCUT2D eigenvalue weighted by molar-refractivity contribution is 5.92. The molecule has 108 valence electrons. The van der Waals surface area contributed by atoms with Crippen LogP contribution in [0.5, 0.6) is 0 Å². The van der Waals surface area contributed by atoms with Gasteiger partial charge in [-0.3, -0.25) is 4.79 Å². The van der Waals surface area contributed by atoms with Gasteiger partial charge in [0, 0.05) is 12.0 Å². The largest absolute Gasteiger partial charge is 0.476 e. The molecule has 7 nitrogen and oxygen atoms in total. The number of rotatable bonds is 6. The minimum atomic E-state index is -1.14. The summed E-state index contributed by atoms with van der Waals surface area (Å²) in [5.74, 6) is -0.785. The minimum Gasteiger partial charge on any atom is -0.476 e. The van der Waals surface area contributed by atoms with E-state index >= 15 is 0 Å². The number of carboxylic acids is 1. The Balaban J connectivity index is 2.05. The van der Waals surface area contributed by atoms with Gasteiger partial charge in [-0.1, -0.05) is 13.8 Å². The number of hydrogen-bond donors (Lipinski definition) is 3. The van der Waals surface area contributed by atoms with E-state index in [9.17, 15) is 9.59 Å². The molecule has 1 heterocycles. The van der Waals surface area contributed by atoms with Gasteiger partial charge in [0.2, 0.25) is 5.91 Å². The Hall–Kier alpha value is -2.18. The van der Waals surface area contributed by atoms with Gasteiger partial charge >= 0.3 is 5.97 Å². The molecule has 2 rings (SSSR count). The number of aromatic carboxylic acids is 1. The summed E-state index contributed by atoms with van der Waals surface area (Å²) in [6.07, 6.45) is 3.44. The van der Waals surface area contributed by atoms with Crippen molar-refractivity contribution in [3.8, 4) is 0 Å². The molecular formula is C13H18N4O3. The van der Waals surface area contributed by atoms with Crippen LogP contribution in [-0.4, -0.2) is 39.5 Å². The molecule has 1 saturated carbocycles. The Morgan fingerprint density at radius 2 is 2.15 bits per heavy atom. The van der Waals surface area contributed by atoms with Crippen LogP contribution in [0.1, 0.15) is 48.9 Å². The zero-order valence-corrected chi connectivity index (χ0v) is 11.5. The average molecular weight is 278 g/mol. The van der Waals surface area contributed by atoms with Crippen LogP contribution < -0.4 is 10.6 Å². The van der Waals surface area contributed by atoms with E-state index in [0.717, 1.165) is 12.8 Å². The van der Waals surface area contributed by atoms with Gasteiger partial charge in [0.25, 0.3) is 0 Å². The van der Waals surface area contributed by atoms with E-state index in [2.05, 4.69) is 20.6 Å². The van der Waals surface area contributed by atoms with Gasteiger partial charge < -0.3 is 15.7 Å². The Morgan fingerprint density at radius 3 is 2.70 bits per heavy atom. The van der Waals surface area contributed by atoms with E-state index in [1.54, 1.807) is 0 Å². The molecule has 0 bridgehead atoms. The molecular weight excluding hydrogens is 260 g/mol. The van der Waals surface area contributed by atoms with Gasteiger partial charge in [0.15, 0.2) is 5.69 Å². The topological polar surface area (TPSA) is 104 Å². The number of nitrogens with zero attached hydrogens (tertiary/aromatic N) is 2. The molecule has 1 fully saturated rings. The van der Waals surface area contributed by atoms with Crippen LogP contribution >= 0.6 is 0 Å². The molecule has 7 heteroatoms. The van der Waals surface area contributed by atoms with Crippen molar-refractivity contribution >= 4 is 17.6 Å². The lowest BCUT2D eigenvalue weighted by molar-refractivity contribution is -0.119. The number of carboxylic acid groups (broad SMARTS) is 1. The Labute approximate surface area is 116 Å². The first-order valence-electron chi connectivity index (χ1n) is 6.61. The maximum atomic E-state index is 11.6. The maximum absolute atomic E-state index is 11.6. The number of hydrogen-bond acceptors (Lipinski definition) is 5. The van der Waals surface area contributed by atoms with Gasteiger partial charge in [-0.2, -0.15) is 0 Å². The van der Waals surface area contributed by atoms with Crippen molar-refractivity contribution in [2.45, 2.75) is 38.6 Å². The van der Waals surface area contributed by atoms with E-state index in [1.165, 1.54) is 6.20 Å². The summed E-state index contributed by atoms with van der Waals surface area (Å²) >= 11 is 0. The lowest BCUT2D eigenvalue weighted by Crippen LogP contribution is -2.31. The first kappa shape index (κ1) is 14.2. The minimum absolute atomic E-state index is 0.0150. The Kier molecular flexibility index (Phi) is 4.16. The number of nitrogens with one attached hydrogen (secondary N) is 2. The van der Waals surface area contributed by atoms with E-state index < -0.39 is 5.97 Å². The van der Waals surface area contributed by atoms with E-state index in [0.29, 0.717) is 5.82 Å². The highest BCUT2D eigenvalue weighted by Crippen LogP contribution is 2.19. The summed E-state index contributed by atoms with van der Waals surface area (Å²) < 4.78 is 0. The van der Waals surface area contributed by atoms with Crippen LogP contribution in [0.25, 0.3) is 0 Å². The van der Waals surface area contributed by atoms with Crippen molar-refractivity contribution in [3.63, 3.8) is 0 Å². The second-order valence-electron chi connectivity index (χ2n) is 5.15. The highest BCUT2D eigenvalue weighted by atomic mass is 16.4. The maximum Gasteiger partial charge on any atom is 0.356 e. The molecule has 1 aliphatic carbocycles. The third kappa shape index (κ3) is 3.66. The summed E-state index contributed by atoms with van der Waals surface area (Å²) in [5, 5.41) is 14.8. The SMILES string of the molecule is CC(C)c1ncc(NCC(=O)NC2CC2)c(C(=O)O)n1. The Morgan fingerprint density at radius 1 is 1.45 bits per heavy atom. The molecule has 1 aromatic rings. The van der Waals surface area contributed by atoms with Gasteiger partial charge in [-0.05, 0) is 12.8 Å². The summed E-state index contributed by atoms with van der Waals surface area (Å²) in [5.41, 5.74) is 0.149. The monoisotopic (exact) mass is 278 g/mol. The molecule has 0 unspecified atom stereocenters. The molecule has 1 aliphatic rings. The quantitative estimate of drug-likeness (QED) is 0.716. The molecule has 0 spiro atoms. The number of anilines is 1. The van der Waals surface area contributed by atoms with E-state index in [-0.39, 0.29) is 35.8 Å². The number of aromatic nitrogens is 2. The summed E-state index contributed by atoms with van der Waals surface area (Å²) in [4.78, 5) is 30.9. The van der Waals surface area contributed by atoms with E-state index in [4.69, 9.17) is 5.11 Å². The van der Waals surface area contributed by atoms with Crippen LogP contribution in [0.3, 0.4) is 0 Å². The lowest BCUT2D eigenvalue weighted by Gasteiger charge is -2.11. The standard InChI is InChI=1S/C13H18N4O3/c1-7(2)12-15-5-9(11(17-12)13(19)20)14-6-10(18)16-8-3-4-8/h5,7-8,14H,3-4,6H2,1-2H3,(H,16,18)(H,19,20). The molecule has 0 aliphatic heterocycles. The normalized spacial score (nSPS) is 14.2. The second-order valence-corrected chi connectivity index (χ2v) is 5.15. The molecule has 0 saturated heterocycles. The lowest BCUT2D eigenvalue weighted by atomic mass is 10.2. The third-order valence-corrected chi connectivity index (χ3v) is 2.91. The Bertz CT molecular complexity index is 526. The molecule has 1 amide bonds.